The number of aryl methyl sites for hydroxylation is 1. The van der Waals surface area contributed by atoms with Crippen LogP contribution in [0.4, 0.5) is 4.39 Å². The van der Waals surface area contributed by atoms with Crippen molar-refractivity contribution >= 4 is 11.9 Å². The van der Waals surface area contributed by atoms with Crippen LogP contribution in [-0.4, -0.2) is 59.9 Å². The minimum atomic E-state index is -0.310. The van der Waals surface area contributed by atoms with Gasteiger partial charge in [-0.3, -0.25) is 9.79 Å². The summed E-state index contributed by atoms with van der Waals surface area (Å²) in [6, 6.07) is 6.12. The third kappa shape index (κ3) is 6.24. The summed E-state index contributed by atoms with van der Waals surface area (Å²) in [6.07, 6.45) is 1.99. The Balaban J connectivity index is 1.37. The number of carbonyl (C=O) groups excluding carboxylic acids is 1. The average Bonchev–Trinajstić information content (AvgIpc) is 3.14. The van der Waals surface area contributed by atoms with Gasteiger partial charge in [-0.15, -0.1) is 0 Å². The molecule has 1 aromatic heterocycles. The van der Waals surface area contributed by atoms with Gasteiger partial charge in [0.15, 0.2) is 11.8 Å². The first-order valence-electron chi connectivity index (χ1n) is 9.97. The lowest BCUT2D eigenvalue weighted by atomic mass is 10.1. The van der Waals surface area contributed by atoms with Crippen molar-refractivity contribution in [1.82, 2.24) is 30.7 Å². The maximum atomic E-state index is 12.9. The van der Waals surface area contributed by atoms with E-state index < -0.39 is 0 Å². The van der Waals surface area contributed by atoms with E-state index in [9.17, 15) is 9.18 Å². The Bertz CT molecular complexity index is 867. The zero-order chi connectivity index (χ0) is 21.3. The summed E-state index contributed by atoms with van der Waals surface area (Å²) in [7, 11) is 3.34. The third-order valence-electron chi connectivity index (χ3n) is 4.76. The molecular formula is C20H28FN7O2. The monoisotopic (exact) mass is 417 g/mol. The van der Waals surface area contributed by atoms with Gasteiger partial charge in [-0.2, -0.15) is 5.10 Å². The van der Waals surface area contributed by atoms with E-state index in [1.54, 1.807) is 26.3 Å². The SMILES string of the molecule is CN=C(NCCNC(=O)Cc1ccc(F)cc1)NC1CCc2nc(COC)nn2C1. The van der Waals surface area contributed by atoms with Gasteiger partial charge >= 0.3 is 0 Å². The summed E-state index contributed by atoms with van der Waals surface area (Å²) in [5, 5.41) is 13.9. The first kappa shape index (κ1) is 21.7. The van der Waals surface area contributed by atoms with Gasteiger partial charge in [0, 0.05) is 39.7 Å². The summed E-state index contributed by atoms with van der Waals surface area (Å²) in [5.41, 5.74) is 0.776. The van der Waals surface area contributed by atoms with E-state index >= 15 is 0 Å². The van der Waals surface area contributed by atoms with Gasteiger partial charge in [0.1, 0.15) is 18.2 Å². The van der Waals surface area contributed by atoms with Gasteiger partial charge in [0.2, 0.25) is 5.91 Å². The zero-order valence-corrected chi connectivity index (χ0v) is 17.3. The molecule has 0 saturated carbocycles. The molecule has 1 aliphatic rings. The highest BCUT2D eigenvalue weighted by atomic mass is 19.1. The number of fused-ring (bicyclic) bond motifs is 1. The molecule has 0 spiro atoms. The standard InChI is InChI=1S/C20H28FN7O2/c1-22-20(24-10-9-23-19(29)11-14-3-5-15(21)6-4-14)25-16-7-8-18-26-17(13-30-2)27-28(18)12-16/h3-6,16H,7-13H2,1-2H3,(H,23,29)(H2,22,24,25). The Labute approximate surface area is 175 Å². The topological polar surface area (TPSA) is 105 Å². The number of hydrogen-bond donors (Lipinski definition) is 3. The van der Waals surface area contributed by atoms with E-state index in [4.69, 9.17) is 4.74 Å². The molecule has 1 atom stereocenters. The number of ether oxygens (including phenoxy) is 1. The lowest BCUT2D eigenvalue weighted by Crippen LogP contribution is -2.48. The summed E-state index contributed by atoms with van der Waals surface area (Å²) in [4.78, 5) is 20.7. The van der Waals surface area contributed by atoms with Gasteiger partial charge in [0.05, 0.1) is 13.0 Å². The van der Waals surface area contributed by atoms with Gasteiger partial charge in [-0.05, 0) is 24.1 Å². The molecule has 1 unspecified atom stereocenters. The van der Waals surface area contributed by atoms with E-state index in [1.165, 1.54) is 12.1 Å². The van der Waals surface area contributed by atoms with Crippen LogP contribution in [0.5, 0.6) is 0 Å². The number of benzene rings is 1. The number of nitrogens with zero attached hydrogens (tertiary/aromatic N) is 4. The number of aliphatic imine (C=N–C) groups is 1. The van der Waals surface area contributed by atoms with E-state index in [-0.39, 0.29) is 24.2 Å². The highest BCUT2D eigenvalue weighted by Crippen LogP contribution is 2.13. The van der Waals surface area contributed by atoms with Crippen LogP contribution >= 0.6 is 0 Å². The number of carbonyl (C=O) groups is 1. The number of methoxy groups -OCH3 is 1. The lowest BCUT2D eigenvalue weighted by Gasteiger charge is -2.25. The van der Waals surface area contributed by atoms with Crippen molar-refractivity contribution in [1.29, 1.82) is 0 Å². The number of guanidine groups is 1. The molecule has 0 aliphatic carbocycles. The quantitative estimate of drug-likeness (QED) is 0.326. The molecule has 10 heteroatoms. The van der Waals surface area contributed by atoms with E-state index in [0.29, 0.717) is 38.0 Å². The molecular weight excluding hydrogens is 389 g/mol. The van der Waals surface area contributed by atoms with Crippen LogP contribution in [0, 0.1) is 5.82 Å². The van der Waals surface area contributed by atoms with Crippen molar-refractivity contribution in [3.05, 3.63) is 47.3 Å². The number of aromatic nitrogens is 3. The van der Waals surface area contributed by atoms with Crippen molar-refractivity contribution in [2.24, 2.45) is 4.99 Å². The van der Waals surface area contributed by atoms with Crippen LogP contribution in [0.2, 0.25) is 0 Å². The molecule has 2 aromatic rings. The highest BCUT2D eigenvalue weighted by molar-refractivity contribution is 5.80. The molecule has 1 amide bonds. The lowest BCUT2D eigenvalue weighted by molar-refractivity contribution is -0.120. The van der Waals surface area contributed by atoms with Gasteiger partial charge in [-0.25, -0.2) is 14.1 Å². The van der Waals surface area contributed by atoms with Crippen molar-refractivity contribution in [2.45, 2.75) is 38.5 Å². The maximum absolute atomic E-state index is 12.9. The Kier molecular flexibility index (Phi) is 7.72. The van der Waals surface area contributed by atoms with Crippen LogP contribution < -0.4 is 16.0 Å². The second kappa shape index (κ2) is 10.7. The Hall–Kier alpha value is -3.01. The fourth-order valence-corrected chi connectivity index (χ4v) is 3.29. The van der Waals surface area contributed by atoms with Crippen LogP contribution in [0.15, 0.2) is 29.3 Å². The van der Waals surface area contributed by atoms with E-state index in [2.05, 4.69) is 31.0 Å². The Morgan fingerprint density at radius 3 is 2.80 bits per heavy atom. The first-order valence-corrected chi connectivity index (χ1v) is 9.97. The molecule has 3 rings (SSSR count). The van der Waals surface area contributed by atoms with Gasteiger partial charge in [-0.1, -0.05) is 12.1 Å². The predicted octanol–water partition coefficient (Wildman–Crippen LogP) is 0.402. The Morgan fingerprint density at radius 1 is 1.30 bits per heavy atom. The number of hydrogen-bond acceptors (Lipinski definition) is 5. The fraction of sp³-hybridized carbons (Fsp3) is 0.500. The van der Waals surface area contributed by atoms with Crippen LogP contribution in [-0.2, 0) is 35.5 Å². The number of nitrogens with one attached hydrogen (secondary N) is 3. The highest BCUT2D eigenvalue weighted by Gasteiger charge is 2.22. The van der Waals surface area contributed by atoms with Crippen LogP contribution in [0.25, 0.3) is 0 Å². The molecule has 1 aromatic carbocycles. The molecule has 0 radical (unpaired) electrons. The summed E-state index contributed by atoms with van der Waals surface area (Å²) < 4.78 is 19.9. The van der Waals surface area contributed by atoms with E-state index in [1.807, 2.05) is 4.68 Å². The van der Waals surface area contributed by atoms with Crippen molar-refractivity contribution in [3.8, 4) is 0 Å². The van der Waals surface area contributed by atoms with Gasteiger partial charge < -0.3 is 20.7 Å². The Morgan fingerprint density at radius 2 is 2.07 bits per heavy atom. The second-order valence-corrected chi connectivity index (χ2v) is 7.09. The van der Waals surface area contributed by atoms with Crippen molar-refractivity contribution in [2.75, 3.05) is 27.2 Å². The van der Waals surface area contributed by atoms with Crippen molar-refractivity contribution in [3.63, 3.8) is 0 Å². The molecule has 0 bridgehead atoms. The number of halogens is 1. The average molecular weight is 417 g/mol. The zero-order valence-electron chi connectivity index (χ0n) is 17.3. The molecule has 0 saturated heterocycles. The molecule has 162 valence electrons. The normalized spacial score (nSPS) is 16.1. The smallest absolute Gasteiger partial charge is 0.224 e. The summed E-state index contributed by atoms with van der Waals surface area (Å²) in [5.74, 6) is 1.94. The van der Waals surface area contributed by atoms with E-state index in [0.717, 1.165) is 24.2 Å². The molecule has 30 heavy (non-hydrogen) atoms. The molecule has 2 heterocycles. The molecule has 1 aliphatic heterocycles. The fourth-order valence-electron chi connectivity index (χ4n) is 3.29. The predicted molar refractivity (Wildman–Crippen MR) is 110 cm³/mol. The van der Waals surface area contributed by atoms with Crippen molar-refractivity contribution < 1.29 is 13.9 Å². The number of rotatable bonds is 8. The maximum Gasteiger partial charge on any atom is 0.224 e. The van der Waals surface area contributed by atoms with Crippen LogP contribution in [0.3, 0.4) is 0 Å². The number of amides is 1. The second-order valence-electron chi connectivity index (χ2n) is 7.09. The van der Waals surface area contributed by atoms with Gasteiger partial charge in [0.25, 0.3) is 0 Å². The minimum Gasteiger partial charge on any atom is -0.377 e. The largest absolute Gasteiger partial charge is 0.377 e. The minimum absolute atomic E-state index is 0.107. The van der Waals surface area contributed by atoms with Crippen LogP contribution in [0.1, 0.15) is 23.6 Å². The first-order chi connectivity index (χ1) is 14.6. The molecule has 3 N–H and O–H groups in total. The summed E-state index contributed by atoms with van der Waals surface area (Å²) in [6.45, 7) is 2.11. The third-order valence-corrected chi connectivity index (χ3v) is 4.76. The molecule has 9 nitrogen and oxygen atoms in total. The summed E-state index contributed by atoms with van der Waals surface area (Å²) >= 11 is 0. The molecule has 0 fully saturated rings.